The number of hydrogen-bond donors (Lipinski definition) is 1. The number of likely N-dealkylation sites (N-methyl/N-ethyl adjacent to an activating group) is 1. The number of ether oxygens (including phenoxy) is 1. The van der Waals surface area contributed by atoms with Crippen LogP contribution in [-0.2, 0) is 4.74 Å². The Bertz CT molecular complexity index is 231. The second-order valence-corrected chi connectivity index (χ2v) is 5.63. The van der Waals surface area contributed by atoms with E-state index >= 15 is 0 Å². The SMILES string of the molecule is CNC(C)C1CCCCN1CCN1CCOCC1. The van der Waals surface area contributed by atoms with E-state index in [4.69, 9.17) is 4.74 Å². The lowest BCUT2D eigenvalue weighted by atomic mass is 9.96. The fraction of sp³-hybridized carbons (Fsp3) is 1.00. The van der Waals surface area contributed by atoms with Crippen molar-refractivity contribution in [3.63, 3.8) is 0 Å². The van der Waals surface area contributed by atoms with Crippen molar-refractivity contribution < 1.29 is 4.74 Å². The summed E-state index contributed by atoms with van der Waals surface area (Å²) in [5.41, 5.74) is 0. The van der Waals surface area contributed by atoms with E-state index in [2.05, 4.69) is 29.1 Å². The van der Waals surface area contributed by atoms with Gasteiger partial charge in [0.05, 0.1) is 13.2 Å². The summed E-state index contributed by atoms with van der Waals surface area (Å²) in [7, 11) is 2.08. The van der Waals surface area contributed by atoms with Crippen LogP contribution < -0.4 is 5.32 Å². The van der Waals surface area contributed by atoms with Crippen molar-refractivity contribution in [3.8, 4) is 0 Å². The van der Waals surface area contributed by atoms with Gasteiger partial charge in [-0.2, -0.15) is 0 Å². The molecular formula is C14H29N3O. The van der Waals surface area contributed by atoms with Crippen LogP contribution in [0.3, 0.4) is 0 Å². The molecule has 106 valence electrons. The minimum atomic E-state index is 0.606. The van der Waals surface area contributed by atoms with Crippen LogP contribution in [0.1, 0.15) is 26.2 Å². The van der Waals surface area contributed by atoms with Gasteiger partial charge in [-0.25, -0.2) is 0 Å². The van der Waals surface area contributed by atoms with Gasteiger partial charge in [0, 0.05) is 38.3 Å². The maximum Gasteiger partial charge on any atom is 0.0594 e. The fourth-order valence-corrected chi connectivity index (χ4v) is 3.15. The summed E-state index contributed by atoms with van der Waals surface area (Å²) in [6, 6.07) is 1.33. The summed E-state index contributed by atoms with van der Waals surface area (Å²) < 4.78 is 5.40. The molecule has 0 aromatic heterocycles. The maximum absolute atomic E-state index is 5.40. The molecule has 2 aliphatic heterocycles. The van der Waals surface area contributed by atoms with Crippen molar-refractivity contribution >= 4 is 0 Å². The Morgan fingerprint density at radius 2 is 1.94 bits per heavy atom. The number of hydrogen-bond acceptors (Lipinski definition) is 4. The molecule has 4 nitrogen and oxygen atoms in total. The van der Waals surface area contributed by atoms with Crippen LogP contribution in [0.25, 0.3) is 0 Å². The molecule has 18 heavy (non-hydrogen) atoms. The van der Waals surface area contributed by atoms with Gasteiger partial charge in [-0.15, -0.1) is 0 Å². The van der Waals surface area contributed by atoms with Crippen molar-refractivity contribution in [2.24, 2.45) is 0 Å². The average Bonchev–Trinajstić information content (AvgIpc) is 2.45. The minimum absolute atomic E-state index is 0.606. The first-order valence-corrected chi connectivity index (χ1v) is 7.52. The van der Waals surface area contributed by atoms with Crippen LogP contribution in [0.15, 0.2) is 0 Å². The van der Waals surface area contributed by atoms with E-state index in [1.54, 1.807) is 0 Å². The molecule has 4 heteroatoms. The molecule has 2 fully saturated rings. The highest BCUT2D eigenvalue weighted by molar-refractivity contribution is 4.84. The van der Waals surface area contributed by atoms with E-state index in [0.29, 0.717) is 6.04 Å². The third kappa shape index (κ3) is 3.92. The minimum Gasteiger partial charge on any atom is -0.379 e. The molecule has 1 N–H and O–H groups in total. The number of rotatable bonds is 5. The lowest BCUT2D eigenvalue weighted by Crippen LogP contribution is -2.52. The van der Waals surface area contributed by atoms with E-state index in [1.165, 1.54) is 38.9 Å². The second kappa shape index (κ2) is 7.43. The van der Waals surface area contributed by atoms with Gasteiger partial charge in [0.2, 0.25) is 0 Å². The topological polar surface area (TPSA) is 27.7 Å². The first-order chi connectivity index (χ1) is 8.81. The number of morpholine rings is 1. The van der Waals surface area contributed by atoms with Gasteiger partial charge >= 0.3 is 0 Å². The second-order valence-electron chi connectivity index (χ2n) is 5.63. The molecule has 2 aliphatic rings. The van der Waals surface area contributed by atoms with E-state index in [1.807, 2.05) is 0 Å². The van der Waals surface area contributed by atoms with Crippen LogP contribution in [0, 0.1) is 0 Å². The van der Waals surface area contributed by atoms with Crippen molar-refractivity contribution in [1.29, 1.82) is 0 Å². The lowest BCUT2D eigenvalue weighted by Gasteiger charge is -2.40. The molecule has 2 unspecified atom stereocenters. The Hall–Kier alpha value is -0.160. The quantitative estimate of drug-likeness (QED) is 0.786. The van der Waals surface area contributed by atoms with E-state index < -0.39 is 0 Å². The standard InChI is InChI=1S/C14H29N3O/c1-13(15-2)14-5-3-4-6-17(14)8-7-16-9-11-18-12-10-16/h13-15H,3-12H2,1-2H3. The van der Waals surface area contributed by atoms with Crippen LogP contribution >= 0.6 is 0 Å². The average molecular weight is 255 g/mol. The largest absolute Gasteiger partial charge is 0.379 e. The molecule has 0 aromatic carbocycles. The third-order valence-corrected chi connectivity index (χ3v) is 4.50. The zero-order valence-corrected chi connectivity index (χ0v) is 12.0. The molecule has 0 amide bonds. The van der Waals surface area contributed by atoms with Crippen molar-refractivity contribution in [2.45, 2.75) is 38.3 Å². The summed E-state index contributed by atoms with van der Waals surface area (Å²) in [6.07, 6.45) is 4.12. The first-order valence-electron chi connectivity index (χ1n) is 7.52. The highest BCUT2D eigenvalue weighted by Crippen LogP contribution is 2.19. The van der Waals surface area contributed by atoms with Gasteiger partial charge < -0.3 is 10.1 Å². The third-order valence-electron chi connectivity index (χ3n) is 4.50. The molecular weight excluding hydrogens is 226 g/mol. The van der Waals surface area contributed by atoms with Gasteiger partial charge in [-0.1, -0.05) is 6.42 Å². The molecule has 0 spiro atoms. The van der Waals surface area contributed by atoms with Crippen LogP contribution in [-0.4, -0.2) is 74.9 Å². The van der Waals surface area contributed by atoms with Crippen molar-refractivity contribution in [1.82, 2.24) is 15.1 Å². The monoisotopic (exact) mass is 255 g/mol. The molecule has 0 radical (unpaired) electrons. The Morgan fingerprint density at radius 1 is 1.17 bits per heavy atom. The Morgan fingerprint density at radius 3 is 2.67 bits per heavy atom. The zero-order valence-electron chi connectivity index (χ0n) is 12.0. The molecule has 0 saturated carbocycles. The normalized spacial score (nSPS) is 29.3. The summed E-state index contributed by atoms with van der Waals surface area (Å²) in [4.78, 5) is 5.24. The molecule has 0 bridgehead atoms. The summed E-state index contributed by atoms with van der Waals surface area (Å²) in [6.45, 7) is 10.1. The predicted molar refractivity (Wildman–Crippen MR) is 75.0 cm³/mol. The number of nitrogens with zero attached hydrogens (tertiary/aromatic N) is 2. The number of nitrogens with one attached hydrogen (secondary N) is 1. The zero-order chi connectivity index (χ0) is 12.8. The molecule has 2 atom stereocenters. The van der Waals surface area contributed by atoms with Crippen molar-refractivity contribution in [3.05, 3.63) is 0 Å². The molecule has 2 heterocycles. The highest BCUT2D eigenvalue weighted by Gasteiger charge is 2.26. The number of likely N-dealkylation sites (tertiary alicyclic amines) is 1. The van der Waals surface area contributed by atoms with Gasteiger partial charge in [-0.05, 0) is 33.4 Å². The molecule has 2 rings (SSSR count). The smallest absolute Gasteiger partial charge is 0.0594 e. The summed E-state index contributed by atoms with van der Waals surface area (Å²) >= 11 is 0. The molecule has 0 aliphatic carbocycles. The first kappa shape index (κ1) is 14.3. The van der Waals surface area contributed by atoms with E-state index in [9.17, 15) is 0 Å². The van der Waals surface area contributed by atoms with Gasteiger partial charge in [-0.3, -0.25) is 9.80 Å². The van der Waals surface area contributed by atoms with Gasteiger partial charge in [0.15, 0.2) is 0 Å². The summed E-state index contributed by atoms with van der Waals surface area (Å²) in [5, 5.41) is 3.43. The summed E-state index contributed by atoms with van der Waals surface area (Å²) in [5.74, 6) is 0. The fourth-order valence-electron chi connectivity index (χ4n) is 3.15. The Balaban J connectivity index is 1.77. The maximum atomic E-state index is 5.40. The van der Waals surface area contributed by atoms with E-state index in [0.717, 1.165) is 32.3 Å². The molecule has 0 aromatic rings. The Labute approximate surface area is 112 Å². The van der Waals surface area contributed by atoms with Gasteiger partial charge in [0.1, 0.15) is 0 Å². The van der Waals surface area contributed by atoms with Crippen LogP contribution in [0.5, 0.6) is 0 Å². The van der Waals surface area contributed by atoms with Crippen molar-refractivity contribution in [2.75, 3.05) is 53.0 Å². The van der Waals surface area contributed by atoms with E-state index in [-0.39, 0.29) is 0 Å². The van der Waals surface area contributed by atoms with Gasteiger partial charge in [0.25, 0.3) is 0 Å². The lowest BCUT2D eigenvalue weighted by molar-refractivity contribution is 0.0264. The van der Waals surface area contributed by atoms with Crippen LogP contribution in [0.2, 0.25) is 0 Å². The predicted octanol–water partition coefficient (Wildman–Crippen LogP) is 0.781. The highest BCUT2D eigenvalue weighted by atomic mass is 16.5. The Kier molecular flexibility index (Phi) is 5.89. The number of piperidine rings is 1. The van der Waals surface area contributed by atoms with Crippen LogP contribution in [0.4, 0.5) is 0 Å². The molecule has 2 saturated heterocycles.